The number of carbonyl (C=O) groups is 1. The van der Waals surface area contributed by atoms with Gasteiger partial charge in [0.25, 0.3) is 0 Å². The first-order chi connectivity index (χ1) is 18.4. The molecule has 7 heteroatoms. The molecule has 0 radical (unpaired) electrons. The number of hydrogen-bond acceptors (Lipinski definition) is 4. The maximum absolute atomic E-state index is 12.1. The van der Waals surface area contributed by atoms with Gasteiger partial charge in [0.15, 0.2) is 0 Å². The number of phenols is 1. The number of nitrogens with zero attached hydrogens (tertiary/aromatic N) is 2. The first-order valence-corrected chi connectivity index (χ1v) is 12.9. The monoisotopic (exact) mass is 542 g/mol. The molecule has 5 rings (SSSR count). The molecule has 4 aromatic carbocycles. The number of imidazole rings is 1. The van der Waals surface area contributed by atoms with E-state index in [9.17, 15) is 9.90 Å². The molecule has 1 N–H and O–H groups in total. The Labute approximate surface area is 230 Å². The van der Waals surface area contributed by atoms with Crippen LogP contribution in [0.25, 0.3) is 28.1 Å². The van der Waals surface area contributed by atoms with Gasteiger partial charge in [0, 0.05) is 28.9 Å². The Kier molecular flexibility index (Phi) is 7.50. The number of esters is 1. The molecule has 0 fully saturated rings. The fraction of sp³-hybridized carbons (Fsp3) is 0.0968. The van der Waals surface area contributed by atoms with Crippen LogP contribution in [0, 0.1) is 0 Å². The molecule has 0 atom stereocenters. The molecule has 0 aliphatic rings. The van der Waals surface area contributed by atoms with Gasteiger partial charge in [-0.1, -0.05) is 59.6 Å². The predicted octanol–water partition coefficient (Wildman–Crippen LogP) is 7.99. The number of rotatable bonds is 7. The highest BCUT2D eigenvalue weighted by Crippen LogP contribution is 2.31. The third-order valence-electron chi connectivity index (χ3n) is 6.16. The predicted molar refractivity (Wildman–Crippen MR) is 151 cm³/mol. The van der Waals surface area contributed by atoms with Crippen molar-refractivity contribution in [2.75, 3.05) is 6.61 Å². The van der Waals surface area contributed by atoms with E-state index in [2.05, 4.69) is 24.3 Å². The van der Waals surface area contributed by atoms with E-state index in [1.807, 2.05) is 41.1 Å². The molecule has 0 amide bonds. The lowest BCUT2D eigenvalue weighted by molar-refractivity contribution is 0.0526. The Morgan fingerprint density at radius 2 is 1.55 bits per heavy atom. The molecule has 190 valence electrons. The van der Waals surface area contributed by atoms with Gasteiger partial charge in [-0.25, -0.2) is 9.78 Å². The van der Waals surface area contributed by atoms with E-state index in [1.165, 1.54) is 0 Å². The minimum Gasteiger partial charge on any atom is -0.508 e. The second-order valence-electron chi connectivity index (χ2n) is 8.72. The van der Waals surface area contributed by atoms with E-state index in [1.54, 1.807) is 43.3 Å². The van der Waals surface area contributed by atoms with Crippen LogP contribution in [0.15, 0.2) is 97.2 Å². The normalized spacial score (nSPS) is 10.9. The Morgan fingerprint density at radius 3 is 2.18 bits per heavy atom. The van der Waals surface area contributed by atoms with Crippen LogP contribution >= 0.6 is 23.2 Å². The van der Waals surface area contributed by atoms with Crippen molar-refractivity contribution in [1.29, 1.82) is 0 Å². The smallest absolute Gasteiger partial charge is 0.338 e. The van der Waals surface area contributed by atoms with Crippen LogP contribution in [0.3, 0.4) is 0 Å². The minimum atomic E-state index is -0.354. The van der Waals surface area contributed by atoms with Crippen LogP contribution in [0.1, 0.15) is 28.7 Å². The average molecular weight is 543 g/mol. The number of carbonyl (C=O) groups excluding carboxylic acids is 1. The molecule has 38 heavy (non-hydrogen) atoms. The number of hydrogen-bond donors (Lipinski definition) is 1. The minimum absolute atomic E-state index is 0.240. The SMILES string of the molecule is CCOC(=O)c1ccc(-n2cc(-c3ccc(Cl)cc3Cl)nc2Cc2ccc(-c3ccc(O)cc3)cc2)cc1. The van der Waals surface area contributed by atoms with Crippen LogP contribution in [0.2, 0.25) is 10.0 Å². The zero-order valence-electron chi connectivity index (χ0n) is 20.6. The highest BCUT2D eigenvalue weighted by Gasteiger charge is 2.15. The molecule has 0 spiro atoms. The number of ether oxygens (including phenoxy) is 1. The van der Waals surface area contributed by atoms with Crippen molar-refractivity contribution < 1.29 is 14.6 Å². The molecule has 1 aromatic heterocycles. The quantitative estimate of drug-likeness (QED) is 0.211. The summed E-state index contributed by atoms with van der Waals surface area (Å²) < 4.78 is 7.12. The summed E-state index contributed by atoms with van der Waals surface area (Å²) in [4.78, 5) is 17.1. The van der Waals surface area contributed by atoms with Crippen LogP contribution in [-0.4, -0.2) is 27.2 Å². The third kappa shape index (κ3) is 5.59. The topological polar surface area (TPSA) is 64.4 Å². The summed E-state index contributed by atoms with van der Waals surface area (Å²) in [5.74, 6) is 0.698. The van der Waals surface area contributed by atoms with E-state index in [4.69, 9.17) is 32.9 Å². The molecule has 5 nitrogen and oxygen atoms in total. The number of benzene rings is 4. The standard InChI is InChI=1S/C31H24Cl2N2O3/c1-2-38-31(37)23-7-12-25(13-8-23)35-19-29(27-16-11-24(32)18-28(27)33)34-30(35)17-20-3-5-21(6-4-20)22-9-14-26(36)15-10-22/h3-16,18-19,36H,2,17H2,1H3. The Bertz CT molecular complexity index is 1580. The summed E-state index contributed by atoms with van der Waals surface area (Å²) in [7, 11) is 0. The van der Waals surface area contributed by atoms with Gasteiger partial charge in [-0.2, -0.15) is 0 Å². The fourth-order valence-corrected chi connectivity index (χ4v) is 4.72. The second-order valence-corrected chi connectivity index (χ2v) is 9.57. The van der Waals surface area contributed by atoms with Gasteiger partial charge in [-0.3, -0.25) is 0 Å². The zero-order valence-corrected chi connectivity index (χ0v) is 22.1. The average Bonchev–Trinajstić information content (AvgIpc) is 3.33. The number of halogens is 2. The molecule has 0 unspecified atom stereocenters. The van der Waals surface area contributed by atoms with E-state index in [-0.39, 0.29) is 11.7 Å². The van der Waals surface area contributed by atoms with Gasteiger partial charge in [0.05, 0.1) is 22.9 Å². The fourth-order valence-electron chi connectivity index (χ4n) is 4.22. The highest BCUT2D eigenvalue weighted by atomic mass is 35.5. The Balaban J connectivity index is 1.50. The van der Waals surface area contributed by atoms with Gasteiger partial charge in [-0.15, -0.1) is 0 Å². The summed E-state index contributed by atoms with van der Waals surface area (Å²) >= 11 is 12.6. The molecular formula is C31H24Cl2N2O3. The van der Waals surface area contributed by atoms with Crippen molar-refractivity contribution in [3.63, 3.8) is 0 Å². The van der Waals surface area contributed by atoms with Crippen LogP contribution in [0.5, 0.6) is 5.75 Å². The highest BCUT2D eigenvalue weighted by molar-refractivity contribution is 6.36. The first-order valence-electron chi connectivity index (χ1n) is 12.1. The Hall–Kier alpha value is -4.06. The summed E-state index contributed by atoms with van der Waals surface area (Å²) in [5.41, 5.74) is 6.01. The van der Waals surface area contributed by atoms with Crippen LogP contribution < -0.4 is 0 Å². The van der Waals surface area contributed by atoms with Crippen LogP contribution in [-0.2, 0) is 11.2 Å². The lowest BCUT2D eigenvalue weighted by Gasteiger charge is -2.10. The maximum Gasteiger partial charge on any atom is 0.338 e. The molecule has 0 saturated heterocycles. The number of aromatic hydroxyl groups is 1. The van der Waals surface area contributed by atoms with Crippen molar-refractivity contribution >= 4 is 29.2 Å². The molecular weight excluding hydrogens is 519 g/mol. The van der Waals surface area contributed by atoms with Crippen molar-refractivity contribution in [2.24, 2.45) is 0 Å². The van der Waals surface area contributed by atoms with E-state index in [0.717, 1.165) is 39.5 Å². The molecule has 1 heterocycles. The van der Waals surface area contributed by atoms with Gasteiger partial charge < -0.3 is 14.4 Å². The molecule has 0 aliphatic carbocycles. The lowest BCUT2D eigenvalue weighted by Crippen LogP contribution is -2.05. The first kappa shape index (κ1) is 25.6. The second kappa shape index (κ2) is 11.1. The zero-order chi connectivity index (χ0) is 26.6. The molecule has 5 aromatic rings. The van der Waals surface area contributed by atoms with Gasteiger partial charge >= 0.3 is 5.97 Å². The Morgan fingerprint density at radius 1 is 0.895 bits per heavy atom. The van der Waals surface area contributed by atoms with E-state index >= 15 is 0 Å². The van der Waals surface area contributed by atoms with E-state index < -0.39 is 0 Å². The van der Waals surface area contributed by atoms with Crippen LogP contribution in [0.4, 0.5) is 0 Å². The summed E-state index contributed by atoms with van der Waals surface area (Å²) in [6.45, 7) is 2.10. The third-order valence-corrected chi connectivity index (χ3v) is 6.71. The number of aromatic nitrogens is 2. The van der Waals surface area contributed by atoms with Crippen molar-refractivity contribution in [3.8, 4) is 33.8 Å². The van der Waals surface area contributed by atoms with Gasteiger partial charge in [-0.05, 0) is 78.2 Å². The lowest BCUT2D eigenvalue weighted by atomic mass is 10.0. The van der Waals surface area contributed by atoms with Crippen molar-refractivity contribution in [2.45, 2.75) is 13.3 Å². The van der Waals surface area contributed by atoms with Gasteiger partial charge in [0.1, 0.15) is 11.6 Å². The summed E-state index contributed by atoms with van der Waals surface area (Å²) in [6.07, 6.45) is 2.51. The molecule has 0 saturated carbocycles. The maximum atomic E-state index is 12.1. The van der Waals surface area contributed by atoms with E-state index in [0.29, 0.717) is 28.6 Å². The van der Waals surface area contributed by atoms with Gasteiger partial charge in [0.2, 0.25) is 0 Å². The van der Waals surface area contributed by atoms with Crippen molar-refractivity contribution in [1.82, 2.24) is 9.55 Å². The largest absolute Gasteiger partial charge is 0.508 e. The molecule has 0 bridgehead atoms. The number of phenolic OH excluding ortho intramolecular Hbond substituents is 1. The van der Waals surface area contributed by atoms with Crippen molar-refractivity contribution in [3.05, 3.63) is 124 Å². The molecule has 0 aliphatic heterocycles. The summed E-state index contributed by atoms with van der Waals surface area (Å²) in [6, 6.07) is 28.0. The summed E-state index contributed by atoms with van der Waals surface area (Å²) in [5, 5.41) is 10.6.